The molecule has 1 aromatic carbocycles. The van der Waals surface area contributed by atoms with Crippen molar-refractivity contribution >= 4 is 46.3 Å². The number of anilines is 1. The molecule has 0 saturated carbocycles. The van der Waals surface area contributed by atoms with E-state index in [9.17, 15) is 13.6 Å². The SMILES string of the molecule is [B]c1ccc(C(c2cc(F)cc(F)c2)C(C)(C)C(=O)Nc2nncs2)s1. The number of amides is 1. The van der Waals surface area contributed by atoms with E-state index < -0.39 is 23.0 Å². The molecular formula is C17H14BF2N3OS2. The maximum Gasteiger partial charge on any atom is 0.232 e. The van der Waals surface area contributed by atoms with Gasteiger partial charge in [-0.1, -0.05) is 31.3 Å². The number of nitrogens with zero attached hydrogens (tertiary/aromatic N) is 2. The molecule has 3 aromatic rings. The minimum absolute atomic E-state index is 0.337. The number of nitrogens with one attached hydrogen (secondary N) is 1. The van der Waals surface area contributed by atoms with Gasteiger partial charge in [0.2, 0.25) is 11.0 Å². The van der Waals surface area contributed by atoms with E-state index in [0.717, 1.165) is 10.9 Å². The summed E-state index contributed by atoms with van der Waals surface area (Å²) in [5.74, 6) is -2.33. The highest BCUT2D eigenvalue weighted by molar-refractivity contribution is 7.20. The fourth-order valence-electron chi connectivity index (χ4n) is 2.82. The summed E-state index contributed by atoms with van der Waals surface area (Å²) in [6, 6.07) is 6.76. The lowest BCUT2D eigenvalue weighted by atomic mass is 9.73. The third-order valence-corrected chi connectivity index (χ3v) is 5.62. The molecule has 1 atom stereocenters. The number of aromatic nitrogens is 2. The first-order valence-corrected chi connectivity index (χ1v) is 9.36. The molecule has 9 heteroatoms. The first-order chi connectivity index (χ1) is 12.3. The molecule has 1 unspecified atom stereocenters. The largest absolute Gasteiger partial charge is 0.300 e. The molecule has 1 N–H and O–H groups in total. The number of rotatable bonds is 5. The lowest BCUT2D eigenvalue weighted by molar-refractivity contribution is -0.124. The number of halogens is 2. The average molecular weight is 389 g/mol. The Kier molecular flexibility index (Phi) is 5.20. The zero-order valence-electron chi connectivity index (χ0n) is 14.0. The summed E-state index contributed by atoms with van der Waals surface area (Å²) in [6.07, 6.45) is 0. The van der Waals surface area contributed by atoms with Gasteiger partial charge in [-0.2, -0.15) is 11.3 Å². The number of carbonyl (C=O) groups excluding carboxylic acids is 1. The van der Waals surface area contributed by atoms with Crippen LogP contribution in [0.2, 0.25) is 0 Å². The molecule has 0 saturated heterocycles. The van der Waals surface area contributed by atoms with Crippen molar-refractivity contribution in [1.29, 1.82) is 0 Å². The van der Waals surface area contributed by atoms with Crippen LogP contribution in [0.5, 0.6) is 0 Å². The Morgan fingerprint density at radius 1 is 1.23 bits per heavy atom. The predicted octanol–water partition coefficient (Wildman–Crippen LogP) is 3.47. The quantitative estimate of drug-likeness (QED) is 0.680. The van der Waals surface area contributed by atoms with Crippen LogP contribution in [0.3, 0.4) is 0 Å². The van der Waals surface area contributed by atoms with Crippen molar-refractivity contribution < 1.29 is 13.6 Å². The van der Waals surface area contributed by atoms with Crippen LogP contribution < -0.4 is 10.1 Å². The van der Waals surface area contributed by atoms with Crippen molar-refractivity contribution in [2.24, 2.45) is 5.41 Å². The third-order valence-electron chi connectivity index (χ3n) is 4.04. The van der Waals surface area contributed by atoms with Crippen molar-refractivity contribution in [2.75, 3.05) is 5.32 Å². The molecule has 0 aliphatic carbocycles. The van der Waals surface area contributed by atoms with Gasteiger partial charge in [-0.25, -0.2) is 8.78 Å². The fraction of sp³-hybridized carbons (Fsp3) is 0.235. The number of hydrogen-bond donors (Lipinski definition) is 1. The molecule has 1 amide bonds. The highest BCUT2D eigenvalue weighted by Crippen LogP contribution is 2.43. The summed E-state index contributed by atoms with van der Waals surface area (Å²) in [6.45, 7) is 3.43. The van der Waals surface area contributed by atoms with E-state index in [4.69, 9.17) is 7.85 Å². The minimum atomic E-state index is -1.04. The second-order valence-electron chi connectivity index (χ2n) is 6.30. The second-order valence-corrected chi connectivity index (χ2v) is 8.28. The van der Waals surface area contributed by atoms with Crippen LogP contribution in [0.25, 0.3) is 0 Å². The molecular weight excluding hydrogens is 375 g/mol. The van der Waals surface area contributed by atoms with Gasteiger partial charge >= 0.3 is 0 Å². The first kappa shape index (κ1) is 18.7. The van der Waals surface area contributed by atoms with Gasteiger partial charge in [0.05, 0.1) is 5.41 Å². The molecule has 2 radical (unpaired) electrons. The number of carbonyl (C=O) groups is 1. The molecule has 26 heavy (non-hydrogen) atoms. The van der Waals surface area contributed by atoms with Crippen molar-refractivity contribution in [2.45, 2.75) is 19.8 Å². The Labute approximate surface area is 158 Å². The van der Waals surface area contributed by atoms with Gasteiger partial charge in [0, 0.05) is 16.9 Å². The van der Waals surface area contributed by atoms with Crippen molar-refractivity contribution in [1.82, 2.24) is 10.2 Å². The molecule has 4 nitrogen and oxygen atoms in total. The molecule has 0 spiro atoms. The van der Waals surface area contributed by atoms with Crippen LogP contribution in [-0.4, -0.2) is 24.0 Å². The maximum atomic E-state index is 13.8. The Morgan fingerprint density at radius 2 is 1.92 bits per heavy atom. The van der Waals surface area contributed by atoms with Crippen molar-refractivity contribution in [3.05, 3.63) is 57.9 Å². The van der Waals surface area contributed by atoms with Gasteiger partial charge in [-0.05, 0) is 28.5 Å². The van der Waals surface area contributed by atoms with E-state index in [1.54, 1.807) is 26.0 Å². The monoisotopic (exact) mass is 389 g/mol. The van der Waals surface area contributed by atoms with Crippen molar-refractivity contribution in [3.8, 4) is 0 Å². The number of benzene rings is 1. The topological polar surface area (TPSA) is 54.9 Å². The Morgan fingerprint density at radius 3 is 2.46 bits per heavy atom. The van der Waals surface area contributed by atoms with Gasteiger partial charge in [0.25, 0.3) is 0 Å². The second kappa shape index (κ2) is 7.24. The van der Waals surface area contributed by atoms with E-state index in [1.165, 1.54) is 40.3 Å². The van der Waals surface area contributed by atoms with Crippen LogP contribution in [0.1, 0.15) is 30.2 Å². The maximum absolute atomic E-state index is 13.8. The molecule has 0 aliphatic rings. The molecule has 0 fully saturated rings. The van der Waals surface area contributed by atoms with E-state index >= 15 is 0 Å². The van der Waals surface area contributed by atoms with Gasteiger partial charge in [-0.15, -0.1) is 10.2 Å². The van der Waals surface area contributed by atoms with E-state index in [1.807, 2.05) is 0 Å². The molecule has 2 heterocycles. The van der Waals surface area contributed by atoms with Crippen LogP contribution in [0.15, 0.2) is 35.8 Å². The summed E-state index contributed by atoms with van der Waals surface area (Å²) >= 11 is 2.47. The molecule has 0 bridgehead atoms. The Balaban J connectivity index is 2.05. The molecule has 3 rings (SSSR count). The fourth-order valence-corrected chi connectivity index (χ4v) is 4.35. The molecule has 2 aromatic heterocycles. The third kappa shape index (κ3) is 3.83. The smallest absolute Gasteiger partial charge is 0.232 e. The summed E-state index contributed by atoms with van der Waals surface area (Å²) in [4.78, 5) is 13.7. The lowest BCUT2D eigenvalue weighted by Crippen LogP contribution is -2.36. The molecule has 0 aliphatic heterocycles. The normalized spacial score (nSPS) is 12.8. The van der Waals surface area contributed by atoms with Crippen LogP contribution in [0.4, 0.5) is 13.9 Å². The van der Waals surface area contributed by atoms with Gasteiger partial charge in [-0.3, -0.25) is 4.79 Å². The Hall–Kier alpha value is -2.13. The zero-order chi connectivity index (χ0) is 18.9. The lowest BCUT2D eigenvalue weighted by Gasteiger charge is -2.32. The first-order valence-electron chi connectivity index (χ1n) is 7.66. The van der Waals surface area contributed by atoms with Crippen LogP contribution in [0, 0.1) is 17.0 Å². The Bertz CT molecular complexity index is 908. The standard InChI is InChI=1S/C17H14BF2N3OS2/c1-17(2,15(24)22-16-23-21-8-25-16)14(12-3-4-13(18)26-12)9-5-10(19)7-11(20)6-9/h3-8,14H,1-2H3,(H,22,23,24). The summed E-state index contributed by atoms with van der Waals surface area (Å²) in [5, 5.41) is 10.6. The zero-order valence-corrected chi connectivity index (χ0v) is 15.6. The van der Waals surface area contributed by atoms with Gasteiger partial charge in [0.15, 0.2) is 0 Å². The van der Waals surface area contributed by atoms with E-state index in [-0.39, 0.29) is 5.91 Å². The minimum Gasteiger partial charge on any atom is -0.300 e. The summed E-state index contributed by atoms with van der Waals surface area (Å²) in [5.41, 5.74) is 0.826. The highest BCUT2D eigenvalue weighted by Gasteiger charge is 2.40. The highest BCUT2D eigenvalue weighted by atomic mass is 32.1. The van der Waals surface area contributed by atoms with E-state index in [2.05, 4.69) is 15.5 Å². The predicted molar refractivity (Wildman–Crippen MR) is 100 cm³/mol. The average Bonchev–Trinajstić information content (AvgIpc) is 3.18. The number of hydrogen-bond acceptors (Lipinski definition) is 5. The number of thiophene rings is 1. The summed E-state index contributed by atoms with van der Waals surface area (Å²) in [7, 11) is 5.84. The van der Waals surface area contributed by atoms with E-state index in [0.29, 0.717) is 15.5 Å². The molecule has 132 valence electrons. The van der Waals surface area contributed by atoms with Gasteiger partial charge in [0.1, 0.15) is 25.0 Å². The van der Waals surface area contributed by atoms with Crippen molar-refractivity contribution in [3.63, 3.8) is 0 Å². The van der Waals surface area contributed by atoms with Gasteiger partial charge < -0.3 is 5.32 Å². The summed E-state index contributed by atoms with van der Waals surface area (Å²) < 4.78 is 28.2. The van der Waals surface area contributed by atoms with Crippen LogP contribution in [-0.2, 0) is 4.79 Å². The van der Waals surface area contributed by atoms with Crippen LogP contribution >= 0.6 is 22.7 Å².